The molecule has 1 aromatic heterocycles. The van der Waals surface area contributed by atoms with Crippen LogP contribution in [0.3, 0.4) is 0 Å². The molecular formula is C16H18Cl2N4O2. The molecule has 0 spiro atoms. The summed E-state index contributed by atoms with van der Waals surface area (Å²) in [6.07, 6.45) is 0. The number of nitrogens with one attached hydrogen (secondary N) is 1. The van der Waals surface area contributed by atoms with Crippen LogP contribution in [0, 0.1) is 0 Å². The Bertz CT molecular complexity index is 802. The first-order valence-electron chi connectivity index (χ1n) is 7.65. The van der Waals surface area contributed by atoms with Gasteiger partial charge in [-0.25, -0.2) is 4.79 Å². The molecule has 1 N–H and O–H groups in total. The lowest BCUT2D eigenvalue weighted by Crippen LogP contribution is -2.47. The van der Waals surface area contributed by atoms with Crippen molar-refractivity contribution in [3.8, 4) is 0 Å². The molecule has 1 saturated heterocycles. The fourth-order valence-corrected chi connectivity index (χ4v) is 3.39. The normalized spacial score (nSPS) is 15.7. The van der Waals surface area contributed by atoms with Gasteiger partial charge in [0.2, 0.25) is 0 Å². The van der Waals surface area contributed by atoms with Crippen molar-refractivity contribution in [1.82, 2.24) is 14.5 Å². The number of aromatic amines is 1. The van der Waals surface area contributed by atoms with E-state index in [4.69, 9.17) is 23.2 Å². The zero-order chi connectivity index (χ0) is 17.3. The number of hydrogen-bond donors (Lipinski definition) is 1. The smallest absolute Gasteiger partial charge is 0.329 e. The molecule has 0 amide bonds. The summed E-state index contributed by atoms with van der Waals surface area (Å²) >= 11 is 12.1. The minimum atomic E-state index is -0.395. The van der Waals surface area contributed by atoms with Crippen molar-refractivity contribution in [3.05, 3.63) is 60.7 Å². The molecule has 8 heteroatoms. The summed E-state index contributed by atoms with van der Waals surface area (Å²) in [6, 6.07) is 7.01. The van der Waals surface area contributed by atoms with Crippen molar-refractivity contribution in [1.29, 1.82) is 0 Å². The Hall–Kier alpha value is -1.76. The lowest BCUT2D eigenvalue weighted by Gasteiger charge is -2.35. The van der Waals surface area contributed by atoms with Crippen LogP contribution in [0.15, 0.2) is 33.9 Å². The van der Waals surface area contributed by atoms with Gasteiger partial charge in [0, 0.05) is 55.9 Å². The van der Waals surface area contributed by atoms with Gasteiger partial charge >= 0.3 is 5.69 Å². The molecular weight excluding hydrogens is 351 g/mol. The lowest BCUT2D eigenvalue weighted by atomic mass is 10.2. The average molecular weight is 369 g/mol. The van der Waals surface area contributed by atoms with E-state index in [1.54, 1.807) is 6.07 Å². The van der Waals surface area contributed by atoms with Crippen LogP contribution < -0.4 is 16.1 Å². The maximum Gasteiger partial charge on any atom is 0.329 e. The molecule has 0 aliphatic carbocycles. The van der Waals surface area contributed by atoms with Crippen LogP contribution in [0.4, 0.5) is 5.82 Å². The highest BCUT2D eigenvalue weighted by atomic mass is 35.5. The van der Waals surface area contributed by atoms with Crippen LogP contribution in [-0.2, 0) is 13.6 Å². The largest absolute Gasteiger partial charge is 0.355 e. The molecule has 0 radical (unpaired) electrons. The van der Waals surface area contributed by atoms with Crippen LogP contribution in [-0.4, -0.2) is 40.6 Å². The van der Waals surface area contributed by atoms with Crippen LogP contribution in [0.2, 0.25) is 10.0 Å². The molecule has 128 valence electrons. The fourth-order valence-electron chi connectivity index (χ4n) is 2.82. The molecule has 24 heavy (non-hydrogen) atoms. The molecule has 6 nitrogen and oxygen atoms in total. The van der Waals surface area contributed by atoms with Gasteiger partial charge in [-0.3, -0.25) is 19.2 Å². The van der Waals surface area contributed by atoms with Gasteiger partial charge in [-0.15, -0.1) is 0 Å². The van der Waals surface area contributed by atoms with E-state index in [0.29, 0.717) is 15.9 Å². The average Bonchev–Trinajstić information content (AvgIpc) is 2.52. The van der Waals surface area contributed by atoms with Gasteiger partial charge in [0.1, 0.15) is 5.82 Å². The van der Waals surface area contributed by atoms with Gasteiger partial charge in [-0.2, -0.15) is 0 Å². The number of hydrogen-bond acceptors (Lipinski definition) is 4. The molecule has 0 saturated carbocycles. The third-order valence-corrected chi connectivity index (χ3v) is 4.61. The number of nitrogens with zero attached hydrogens (tertiary/aromatic N) is 3. The number of benzene rings is 1. The summed E-state index contributed by atoms with van der Waals surface area (Å²) < 4.78 is 1.06. The Morgan fingerprint density at radius 2 is 1.62 bits per heavy atom. The van der Waals surface area contributed by atoms with E-state index < -0.39 is 5.69 Å². The Labute approximate surface area is 149 Å². The quantitative estimate of drug-likeness (QED) is 0.895. The van der Waals surface area contributed by atoms with Crippen molar-refractivity contribution in [2.75, 3.05) is 31.1 Å². The summed E-state index contributed by atoms with van der Waals surface area (Å²) in [5, 5.41) is 1.27. The van der Waals surface area contributed by atoms with Crippen LogP contribution >= 0.6 is 23.2 Å². The first-order valence-corrected chi connectivity index (χ1v) is 8.40. The number of aromatic nitrogens is 2. The predicted molar refractivity (Wildman–Crippen MR) is 96.3 cm³/mol. The minimum Gasteiger partial charge on any atom is -0.355 e. The van der Waals surface area contributed by atoms with Gasteiger partial charge in [0.15, 0.2) is 0 Å². The number of piperazine rings is 1. The fraction of sp³-hybridized carbons (Fsp3) is 0.375. The lowest BCUT2D eigenvalue weighted by molar-refractivity contribution is 0.249. The van der Waals surface area contributed by atoms with Gasteiger partial charge in [-0.1, -0.05) is 23.2 Å². The number of rotatable bonds is 3. The molecule has 1 aliphatic rings. The number of H-pyrrole nitrogens is 1. The second-order valence-electron chi connectivity index (χ2n) is 5.90. The van der Waals surface area contributed by atoms with Crippen molar-refractivity contribution < 1.29 is 0 Å². The molecule has 2 heterocycles. The van der Waals surface area contributed by atoms with E-state index in [0.717, 1.165) is 42.9 Å². The molecule has 0 unspecified atom stereocenters. The van der Waals surface area contributed by atoms with Gasteiger partial charge in [-0.05, 0) is 23.8 Å². The van der Waals surface area contributed by atoms with E-state index in [1.807, 2.05) is 17.0 Å². The van der Waals surface area contributed by atoms with Gasteiger partial charge < -0.3 is 4.90 Å². The van der Waals surface area contributed by atoms with Gasteiger partial charge in [0.05, 0.1) is 0 Å². The van der Waals surface area contributed by atoms with E-state index >= 15 is 0 Å². The summed E-state index contributed by atoms with van der Waals surface area (Å²) in [7, 11) is 1.46. The van der Waals surface area contributed by atoms with E-state index in [1.165, 1.54) is 13.1 Å². The van der Waals surface area contributed by atoms with Crippen molar-refractivity contribution in [2.45, 2.75) is 6.54 Å². The predicted octanol–water partition coefficient (Wildman–Crippen LogP) is 1.70. The standard InChI is InChI=1S/C16H18Cl2N4O2/c1-20-15(23)9-14(19-16(20)24)22-4-2-21(3-5-22)10-11-6-12(17)8-13(18)7-11/h6-9H,2-5,10H2,1H3,(H,19,24). The summed E-state index contributed by atoms with van der Waals surface area (Å²) in [6.45, 7) is 3.87. The Kier molecular flexibility index (Phi) is 4.99. The summed E-state index contributed by atoms with van der Waals surface area (Å²) in [4.78, 5) is 30.5. The SMILES string of the molecule is Cn1c(=O)cc(N2CCN(Cc3cc(Cl)cc(Cl)c3)CC2)[nH]c1=O. The second-order valence-corrected chi connectivity index (χ2v) is 6.77. The van der Waals surface area contributed by atoms with E-state index in [2.05, 4.69) is 9.88 Å². The van der Waals surface area contributed by atoms with Crippen molar-refractivity contribution in [2.24, 2.45) is 7.05 Å². The maximum absolute atomic E-state index is 11.8. The number of halogens is 2. The third kappa shape index (κ3) is 3.83. The van der Waals surface area contributed by atoms with Crippen LogP contribution in [0.25, 0.3) is 0 Å². The Balaban J connectivity index is 1.65. The zero-order valence-corrected chi connectivity index (χ0v) is 14.8. The molecule has 0 atom stereocenters. The Morgan fingerprint density at radius 3 is 2.21 bits per heavy atom. The second kappa shape index (κ2) is 7.01. The highest BCUT2D eigenvalue weighted by Crippen LogP contribution is 2.21. The van der Waals surface area contributed by atoms with Crippen LogP contribution in [0.5, 0.6) is 0 Å². The highest BCUT2D eigenvalue weighted by molar-refractivity contribution is 6.34. The molecule has 0 bridgehead atoms. The van der Waals surface area contributed by atoms with Crippen molar-refractivity contribution >= 4 is 29.0 Å². The van der Waals surface area contributed by atoms with Crippen LogP contribution in [0.1, 0.15) is 5.56 Å². The number of anilines is 1. The topological polar surface area (TPSA) is 61.3 Å². The monoisotopic (exact) mass is 368 g/mol. The first-order chi connectivity index (χ1) is 11.4. The highest BCUT2D eigenvalue weighted by Gasteiger charge is 2.19. The first kappa shape index (κ1) is 17.1. The molecule has 1 aliphatic heterocycles. The summed E-state index contributed by atoms with van der Waals surface area (Å²) in [5.41, 5.74) is 0.376. The van der Waals surface area contributed by atoms with Crippen molar-refractivity contribution in [3.63, 3.8) is 0 Å². The third-order valence-electron chi connectivity index (χ3n) is 4.17. The van der Waals surface area contributed by atoms with E-state index in [-0.39, 0.29) is 5.56 Å². The zero-order valence-electron chi connectivity index (χ0n) is 13.3. The Morgan fingerprint density at radius 1 is 1.00 bits per heavy atom. The molecule has 3 rings (SSSR count). The molecule has 2 aromatic rings. The van der Waals surface area contributed by atoms with Gasteiger partial charge in [0.25, 0.3) is 5.56 Å². The molecule has 1 fully saturated rings. The maximum atomic E-state index is 11.8. The summed E-state index contributed by atoms with van der Waals surface area (Å²) in [5.74, 6) is 0.577. The minimum absolute atomic E-state index is 0.301. The van der Waals surface area contributed by atoms with E-state index in [9.17, 15) is 9.59 Å². The molecule has 1 aromatic carbocycles.